The van der Waals surface area contributed by atoms with Gasteiger partial charge in [-0.3, -0.25) is 24.1 Å². The van der Waals surface area contributed by atoms with Crippen molar-refractivity contribution in [2.75, 3.05) is 14.1 Å². The quantitative estimate of drug-likeness (QED) is 0.245. The van der Waals surface area contributed by atoms with Gasteiger partial charge in [-0.2, -0.15) is 13.2 Å². The van der Waals surface area contributed by atoms with Crippen molar-refractivity contribution in [2.24, 2.45) is 0 Å². The Morgan fingerprint density at radius 3 is 2.49 bits per heavy atom. The van der Waals surface area contributed by atoms with E-state index in [1.807, 2.05) is 0 Å². The number of carbonyl (C=O) groups is 1. The number of amides is 1. The summed E-state index contributed by atoms with van der Waals surface area (Å²) in [6.07, 6.45) is -0.271. The van der Waals surface area contributed by atoms with Crippen molar-refractivity contribution in [1.29, 1.82) is 0 Å². The summed E-state index contributed by atoms with van der Waals surface area (Å²) in [5.74, 6) is -1.69. The number of aryl methyl sites for hydroxylation is 2. The van der Waals surface area contributed by atoms with Crippen molar-refractivity contribution in [1.82, 2.24) is 19.4 Å². The number of alkyl halides is 3. The molecule has 6 nitrogen and oxygen atoms in total. The lowest BCUT2D eigenvalue weighted by Crippen LogP contribution is -2.23. The Balaban J connectivity index is 1.53. The molecule has 41 heavy (non-hydrogen) atoms. The van der Waals surface area contributed by atoms with E-state index in [1.165, 1.54) is 48.1 Å². The zero-order valence-electron chi connectivity index (χ0n) is 22.6. The van der Waals surface area contributed by atoms with Gasteiger partial charge in [0.2, 0.25) is 0 Å². The van der Waals surface area contributed by atoms with Gasteiger partial charge in [-0.15, -0.1) is 0 Å². The molecule has 1 aliphatic rings. The molecule has 1 saturated carbocycles. The molecule has 0 unspecified atom stereocenters. The Morgan fingerprint density at radius 2 is 1.80 bits per heavy atom. The zero-order chi connectivity index (χ0) is 29.8. The topological polar surface area (TPSA) is 68.1 Å². The maximum atomic E-state index is 15.4. The molecular weight excluding hydrogens is 560 g/mol. The fraction of sp³-hybridized carbons (Fsp3) is 0.267. The van der Waals surface area contributed by atoms with Gasteiger partial charge < -0.3 is 4.90 Å². The van der Waals surface area contributed by atoms with Crippen molar-refractivity contribution in [3.8, 4) is 16.9 Å². The lowest BCUT2D eigenvalue weighted by Gasteiger charge is -2.17. The number of aromatic nitrogens is 3. The molecule has 212 valence electrons. The van der Waals surface area contributed by atoms with Crippen LogP contribution in [0.4, 0.5) is 17.6 Å². The van der Waals surface area contributed by atoms with Crippen LogP contribution < -0.4 is 5.56 Å². The highest BCUT2D eigenvalue weighted by Gasteiger charge is 2.43. The fourth-order valence-electron chi connectivity index (χ4n) is 5.06. The van der Waals surface area contributed by atoms with Crippen molar-refractivity contribution < 1.29 is 22.4 Å². The van der Waals surface area contributed by atoms with Gasteiger partial charge in [-0.1, -0.05) is 17.7 Å². The van der Waals surface area contributed by atoms with Gasteiger partial charge >= 0.3 is 6.18 Å². The molecule has 5 rings (SSSR count). The second-order valence-electron chi connectivity index (χ2n) is 10.4. The predicted molar refractivity (Wildman–Crippen MR) is 147 cm³/mol. The van der Waals surface area contributed by atoms with Crippen molar-refractivity contribution in [3.05, 3.63) is 110 Å². The summed E-state index contributed by atoms with van der Waals surface area (Å²) in [6.45, 7) is 3.47. The average Bonchev–Trinajstić information content (AvgIpc) is 3.72. The standard InChI is InChI=1S/C30H25ClF4N4O2/c1-15-12-37-24(19-6-5-7-20(27(19)32)28(40)38(3)4)11-25(15)39-16(2)8-23(26(31)29(39)41)22-10-21(22)17-9-18(14-36-13-17)30(33,34)35/h5-9,11-14,21-22H,10H2,1-4H3/t21-,22+/m1/s1. The van der Waals surface area contributed by atoms with Crippen LogP contribution in [-0.2, 0) is 6.18 Å². The van der Waals surface area contributed by atoms with Crippen LogP contribution in [0.15, 0.2) is 59.8 Å². The molecular formula is C30H25ClF4N4O2. The van der Waals surface area contributed by atoms with E-state index in [1.54, 1.807) is 32.0 Å². The Bertz CT molecular complexity index is 1750. The molecule has 0 bridgehead atoms. The van der Waals surface area contributed by atoms with Crippen molar-refractivity contribution in [3.63, 3.8) is 0 Å². The summed E-state index contributed by atoms with van der Waals surface area (Å²) in [5.41, 5.74) is 1.49. The highest BCUT2D eigenvalue weighted by molar-refractivity contribution is 6.31. The summed E-state index contributed by atoms with van der Waals surface area (Å²) in [4.78, 5) is 35.4. The normalized spacial score (nSPS) is 16.5. The van der Waals surface area contributed by atoms with Crippen LogP contribution in [0.25, 0.3) is 16.9 Å². The fourth-order valence-corrected chi connectivity index (χ4v) is 5.34. The Labute approximate surface area is 238 Å². The molecule has 0 aliphatic heterocycles. The van der Waals surface area contributed by atoms with Gasteiger partial charge in [-0.05, 0) is 79.1 Å². The van der Waals surface area contributed by atoms with E-state index in [-0.39, 0.29) is 33.7 Å². The SMILES string of the molecule is Cc1cnc(-c2cccc(C(=O)N(C)C)c2F)cc1-n1c(C)cc([C@H]2C[C@@H]2c2cncc(C(F)(F)F)c2)c(Cl)c1=O. The largest absolute Gasteiger partial charge is 0.417 e. The number of nitrogens with zero attached hydrogens (tertiary/aromatic N) is 4. The minimum atomic E-state index is -4.50. The van der Waals surface area contributed by atoms with Crippen LogP contribution >= 0.6 is 11.6 Å². The first-order valence-electron chi connectivity index (χ1n) is 12.7. The number of hydrogen-bond donors (Lipinski definition) is 0. The van der Waals surface area contributed by atoms with E-state index in [0.717, 1.165) is 12.3 Å². The summed E-state index contributed by atoms with van der Waals surface area (Å²) in [6, 6.07) is 8.87. The summed E-state index contributed by atoms with van der Waals surface area (Å²) < 4.78 is 56.3. The third kappa shape index (κ3) is 5.24. The van der Waals surface area contributed by atoms with Gasteiger partial charge in [0.25, 0.3) is 11.5 Å². The van der Waals surface area contributed by atoms with E-state index in [0.29, 0.717) is 34.5 Å². The second kappa shape index (κ2) is 10.4. The molecule has 0 N–H and O–H groups in total. The molecule has 4 aromatic rings. The minimum absolute atomic E-state index is 0.0365. The Kier molecular flexibility index (Phi) is 7.23. The van der Waals surface area contributed by atoms with Gasteiger partial charge in [0.1, 0.15) is 10.8 Å². The number of hydrogen-bond acceptors (Lipinski definition) is 4. The molecule has 3 aromatic heterocycles. The first kappa shape index (κ1) is 28.5. The molecule has 0 radical (unpaired) electrons. The van der Waals surface area contributed by atoms with E-state index < -0.39 is 29.0 Å². The van der Waals surface area contributed by atoms with E-state index in [2.05, 4.69) is 9.97 Å². The highest BCUT2D eigenvalue weighted by atomic mass is 35.5. The molecule has 1 amide bonds. The Morgan fingerprint density at radius 1 is 1.07 bits per heavy atom. The number of halogens is 5. The van der Waals surface area contributed by atoms with Gasteiger partial charge in [0.15, 0.2) is 0 Å². The van der Waals surface area contributed by atoms with E-state index >= 15 is 4.39 Å². The van der Waals surface area contributed by atoms with Crippen LogP contribution in [0.2, 0.25) is 5.02 Å². The maximum absolute atomic E-state index is 15.4. The van der Waals surface area contributed by atoms with Crippen LogP contribution in [-0.4, -0.2) is 39.4 Å². The molecule has 3 heterocycles. The van der Waals surface area contributed by atoms with E-state index in [9.17, 15) is 22.8 Å². The molecule has 2 atom stereocenters. The first-order valence-corrected chi connectivity index (χ1v) is 13.1. The number of pyridine rings is 3. The predicted octanol–water partition coefficient (Wildman–Crippen LogP) is 6.70. The van der Waals surface area contributed by atoms with Crippen LogP contribution in [0, 0.1) is 19.7 Å². The second-order valence-corrected chi connectivity index (χ2v) is 10.7. The monoisotopic (exact) mass is 584 g/mol. The van der Waals surface area contributed by atoms with Gasteiger partial charge in [0, 0.05) is 43.9 Å². The van der Waals surface area contributed by atoms with Gasteiger partial charge in [0.05, 0.1) is 22.5 Å². The molecule has 1 aromatic carbocycles. The van der Waals surface area contributed by atoms with Crippen molar-refractivity contribution in [2.45, 2.75) is 38.3 Å². The lowest BCUT2D eigenvalue weighted by atomic mass is 10.0. The lowest BCUT2D eigenvalue weighted by molar-refractivity contribution is -0.137. The van der Waals surface area contributed by atoms with Gasteiger partial charge in [-0.25, -0.2) is 4.39 Å². The zero-order valence-corrected chi connectivity index (χ0v) is 23.3. The molecule has 1 aliphatic carbocycles. The number of rotatable bonds is 5. The Hall–Kier alpha value is -4.05. The minimum Gasteiger partial charge on any atom is -0.345 e. The highest BCUT2D eigenvalue weighted by Crippen LogP contribution is 2.56. The smallest absolute Gasteiger partial charge is 0.345 e. The number of benzene rings is 1. The van der Waals surface area contributed by atoms with Crippen LogP contribution in [0.5, 0.6) is 0 Å². The maximum Gasteiger partial charge on any atom is 0.417 e. The van der Waals surface area contributed by atoms with Crippen molar-refractivity contribution >= 4 is 17.5 Å². The summed E-state index contributed by atoms with van der Waals surface area (Å²) >= 11 is 6.58. The molecule has 0 spiro atoms. The van der Waals surface area contributed by atoms with Crippen LogP contribution in [0.1, 0.15) is 56.6 Å². The number of carbonyl (C=O) groups excluding carboxylic acids is 1. The molecule has 1 fully saturated rings. The summed E-state index contributed by atoms with van der Waals surface area (Å²) in [5, 5.41) is -0.0365. The summed E-state index contributed by atoms with van der Waals surface area (Å²) in [7, 11) is 3.05. The third-order valence-corrected chi connectivity index (χ3v) is 7.67. The van der Waals surface area contributed by atoms with E-state index in [4.69, 9.17) is 11.6 Å². The first-order chi connectivity index (χ1) is 19.3. The van der Waals surface area contributed by atoms with Crippen LogP contribution in [0.3, 0.4) is 0 Å². The molecule has 0 saturated heterocycles. The average molecular weight is 585 g/mol. The molecule has 11 heteroatoms. The third-order valence-electron chi connectivity index (χ3n) is 7.29.